The van der Waals surface area contributed by atoms with Gasteiger partial charge in [-0.05, 0) is 18.6 Å². The number of hydrogen-bond acceptors (Lipinski definition) is 3. The van der Waals surface area contributed by atoms with E-state index in [2.05, 4.69) is 15.2 Å². The number of carbonyl (C=O) groups excluding carboxylic acids is 1. The summed E-state index contributed by atoms with van der Waals surface area (Å²) in [6.45, 7) is 8.85. The minimum absolute atomic E-state index is 0.00704. The highest BCUT2D eigenvalue weighted by Crippen LogP contribution is 2.40. The molecule has 0 saturated carbocycles. The molecule has 4 N–H and O–H groups in total. The number of amides is 1. The molecule has 0 radical (unpaired) electrons. The van der Waals surface area contributed by atoms with Gasteiger partial charge in [0.05, 0.1) is 12.1 Å². The molecule has 0 aliphatic carbocycles. The molecular weight excluding hydrogens is 311 g/mol. The molecule has 0 heterocycles. The summed E-state index contributed by atoms with van der Waals surface area (Å²) in [5, 5.41) is 12.4. The number of nitrogens with one attached hydrogen (secondary N) is 1. The molecular formula is C17H15FN4O2. The normalized spacial score (nSPS) is 11.0. The van der Waals surface area contributed by atoms with Crippen LogP contribution >= 0.6 is 0 Å². The third kappa shape index (κ3) is 3.03. The molecule has 0 saturated heterocycles. The third-order valence-electron chi connectivity index (χ3n) is 3.45. The molecule has 0 bridgehead atoms. The summed E-state index contributed by atoms with van der Waals surface area (Å²) in [7, 11) is 1.38. The van der Waals surface area contributed by atoms with E-state index in [9.17, 15) is 14.3 Å². The minimum Gasteiger partial charge on any atom is -0.507 e. The summed E-state index contributed by atoms with van der Waals surface area (Å²) in [4.78, 5) is 19.4. The number of guanidine groups is 1. The zero-order valence-electron chi connectivity index (χ0n) is 13.1. The monoisotopic (exact) mass is 326 g/mol. The first-order valence-corrected chi connectivity index (χ1v) is 6.93. The highest BCUT2D eigenvalue weighted by molar-refractivity contribution is 6.12. The highest BCUT2D eigenvalue weighted by Gasteiger charge is 2.23. The van der Waals surface area contributed by atoms with Crippen molar-refractivity contribution >= 4 is 17.6 Å². The van der Waals surface area contributed by atoms with E-state index in [0.717, 1.165) is 0 Å². The number of carbonyl (C=O) groups is 1. The fraction of sp³-hybridized carbons (Fsp3) is 0.118. The van der Waals surface area contributed by atoms with Crippen LogP contribution in [-0.4, -0.2) is 24.0 Å². The fourth-order valence-electron chi connectivity index (χ4n) is 2.25. The number of benzene rings is 2. The van der Waals surface area contributed by atoms with Crippen molar-refractivity contribution in [2.45, 2.75) is 6.92 Å². The lowest BCUT2D eigenvalue weighted by atomic mass is 9.94. The Labute approximate surface area is 138 Å². The molecule has 1 amide bonds. The number of aryl methyl sites for hydroxylation is 1. The van der Waals surface area contributed by atoms with Crippen LogP contribution in [0.3, 0.4) is 0 Å². The van der Waals surface area contributed by atoms with Crippen LogP contribution in [0.25, 0.3) is 16.0 Å². The molecule has 0 unspecified atom stereocenters. The SMILES string of the molecule is [C-]#[N+]c1ccc(O)c(C(=O)NC(N)=NC)c1-c1cccc(C)c1F. The van der Waals surface area contributed by atoms with Crippen molar-refractivity contribution in [2.75, 3.05) is 7.05 Å². The van der Waals surface area contributed by atoms with Crippen molar-refractivity contribution in [2.24, 2.45) is 10.7 Å². The van der Waals surface area contributed by atoms with Crippen molar-refractivity contribution in [3.63, 3.8) is 0 Å². The second-order valence-corrected chi connectivity index (χ2v) is 4.97. The van der Waals surface area contributed by atoms with Gasteiger partial charge in [0, 0.05) is 18.2 Å². The van der Waals surface area contributed by atoms with Crippen molar-refractivity contribution in [1.29, 1.82) is 0 Å². The molecule has 0 aromatic heterocycles. The Morgan fingerprint density at radius 1 is 1.38 bits per heavy atom. The number of aliphatic imine (C=N–C) groups is 1. The number of phenols is 1. The molecule has 0 aliphatic heterocycles. The van der Waals surface area contributed by atoms with E-state index in [1.807, 2.05) is 0 Å². The van der Waals surface area contributed by atoms with Crippen LogP contribution < -0.4 is 11.1 Å². The molecule has 6 nitrogen and oxygen atoms in total. The van der Waals surface area contributed by atoms with Crippen LogP contribution in [0.1, 0.15) is 15.9 Å². The van der Waals surface area contributed by atoms with E-state index in [4.69, 9.17) is 12.3 Å². The first-order valence-electron chi connectivity index (χ1n) is 6.93. The molecule has 2 rings (SSSR count). The lowest BCUT2D eigenvalue weighted by Gasteiger charge is -2.15. The van der Waals surface area contributed by atoms with Crippen LogP contribution in [0.15, 0.2) is 35.3 Å². The van der Waals surface area contributed by atoms with Gasteiger partial charge in [0.2, 0.25) is 0 Å². The van der Waals surface area contributed by atoms with Crippen LogP contribution in [0.5, 0.6) is 5.75 Å². The Morgan fingerprint density at radius 3 is 2.71 bits per heavy atom. The summed E-state index contributed by atoms with van der Waals surface area (Å²) in [6.07, 6.45) is 0. The van der Waals surface area contributed by atoms with Crippen molar-refractivity contribution in [3.8, 4) is 16.9 Å². The number of rotatable bonds is 2. The third-order valence-corrected chi connectivity index (χ3v) is 3.45. The zero-order valence-corrected chi connectivity index (χ0v) is 13.1. The Kier molecular flexibility index (Phi) is 4.80. The van der Waals surface area contributed by atoms with Gasteiger partial charge in [-0.2, -0.15) is 0 Å². The maximum atomic E-state index is 14.5. The van der Waals surface area contributed by atoms with Crippen LogP contribution in [-0.2, 0) is 0 Å². The zero-order chi connectivity index (χ0) is 17.9. The Morgan fingerprint density at radius 2 is 2.08 bits per heavy atom. The summed E-state index contributed by atoms with van der Waals surface area (Å²) in [5.74, 6) is -1.90. The smallest absolute Gasteiger partial charge is 0.261 e. The molecule has 0 aliphatic rings. The molecule has 0 spiro atoms. The minimum atomic E-state index is -0.781. The standard InChI is InChI=1S/C17H15FN4O2/c1-9-5-4-6-10(15(9)18)13-11(20-2)7-8-12(23)14(13)16(24)22-17(19)21-3/h4-8,23H,1,3H3,(H3,19,21,22,24). The number of hydrogen-bond donors (Lipinski definition) is 3. The predicted molar refractivity (Wildman–Crippen MR) is 89.5 cm³/mol. The Balaban J connectivity index is 2.79. The maximum absolute atomic E-state index is 14.5. The second-order valence-electron chi connectivity index (χ2n) is 4.97. The van der Waals surface area contributed by atoms with Gasteiger partial charge in [-0.3, -0.25) is 15.1 Å². The van der Waals surface area contributed by atoms with Crippen molar-refractivity contribution in [3.05, 3.63) is 58.7 Å². The average molecular weight is 326 g/mol. The van der Waals surface area contributed by atoms with Crippen LogP contribution in [0, 0.1) is 19.3 Å². The predicted octanol–water partition coefficient (Wildman–Crippen LogP) is 2.73. The van der Waals surface area contributed by atoms with E-state index in [0.29, 0.717) is 5.56 Å². The highest BCUT2D eigenvalue weighted by atomic mass is 19.1. The molecule has 24 heavy (non-hydrogen) atoms. The van der Waals surface area contributed by atoms with Gasteiger partial charge in [-0.25, -0.2) is 9.24 Å². The maximum Gasteiger partial charge on any atom is 0.261 e. The number of nitrogens with zero attached hydrogens (tertiary/aromatic N) is 2. The molecule has 7 heteroatoms. The molecule has 2 aromatic carbocycles. The summed E-state index contributed by atoms with van der Waals surface area (Å²) < 4.78 is 14.5. The second kappa shape index (κ2) is 6.79. The first-order chi connectivity index (χ1) is 11.4. The molecule has 122 valence electrons. The Bertz CT molecular complexity index is 885. The lowest BCUT2D eigenvalue weighted by molar-refractivity contribution is 0.0974. The van der Waals surface area contributed by atoms with Gasteiger partial charge in [-0.1, -0.05) is 24.3 Å². The average Bonchev–Trinajstić information content (AvgIpc) is 2.56. The lowest BCUT2D eigenvalue weighted by Crippen LogP contribution is -2.36. The van der Waals surface area contributed by atoms with E-state index in [1.165, 1.54) is 25.2 Å². The first kappa shape index (κ1) is 17.0. The van der Waals surface area contributed by atoms with Gasteiger partial charge in [-0.15, -0.1) is 0 Å². The Hall–Kier alpha value is -3.40. The largest absolute Gasteiger partial charge is 0.507 e. The van der Waals surface area contributed by atoms with E-state index < -0.39 is 11.7 Å². The van der Waals surface area contributed by atoms with E-state index >= 15 is 0 Å². The number of phenolic OH excluding ortho intramolecular Hbond substituents is 1. The summed E-state index contributed by atoms with van der Waals surface area (Å²) in [5.41, 5.74) is 5.69. The van der Waals surface area contributed by atoms with Gasteiger partial charge in [0.1, 0.15) is 11.6 Å². The summed E-state index contributed by atoms with van der Waals surface area (Å²) >= 11 is 0. The van der Waals surface area contributed by atoms with Crippen LogP contribution in [0.4, 0.5) is 10.1 Å². The van der Waals surface area contributed by atoms with Gasteiger partial charge >= 0.3 is 0 Å². The van der Waals surface area contributed by atoms with Gasteiger partial charge in [0.25, 0.3) is 5.91 Å². The van der Waals surface area contributed by atoms with Gasteiger partial charge in [0.15, 0.2) is 11.6 Å². The van der Waals surface area contributed by atoms with Crippen molar-refractivity contribution < 1.29 is 14.3 Å². The molecule has 0 atom stereocenters. The van der Waals surface area contributed by atoms with Crippen LogP contribution in [0.2, 0.25) is 0 Å². The number of nitrogens with two attached hydrogens (primary N) is 1. The van der Waals surface area contributed by atoms with Crippen molar-refractivity contribution in [1.82, 2.24) is 5.32 Å². The summed E-state index contributed by atoms with van der Waals surface area (Å²) in [6, 6.07) is 7.15. The van der Waals surface area contributed by atoms with Gasteiger partial charge < -0.3 is 10.8 Å². The number of aromatic hydroxyl groups is 1. The van der Waals surface area contributed by atoms with E-state index in [1.54, 1.807) is 19.1 Å². The quantitative estimate of drug-likeness (QED) is 0.450. The fourth-order valence-corrected chi connectivity index (χ4v) is 2.25. The molecule has 2 aromatic rings. The van der Waals surface area contributed by atoms with E-state index in [-0.39, 0.29) is 34.1 Å². The number of halogens is 1. The topological polar surface area (TPSA) is 92.1 Å². The molecule has 0 fully saturated rings.